The summed E-state index contributed by atoms with van der Waals surface area (Å²) in [6.45, 7) is 4.00. The van der Waals surface area contributed by atoms with Crippen LogP contribution in [0.1, 0.15) is 47.8 Å². The lowest BCUT2D eigenvalue weighted by Gasteiger charge is -2.13. The molecule has 0 spiro atoms. The van der Waals surface area contributed by atoms with Crippen molar-refractivity contribution in [1.82, 2.24) is 9.78 Å². The van der Waals surface area contributed by atoms with Crippen molar-refractivity contribution in [1.29, 1.82) is 0 Å². The van der Waals surface area contributed by atoms with Gasteiger partial charge in [-0.1, -0.05) is 32.0 Å². The van der Waals surface area contributed by atoms with E-state index in [1.54, 1.807) is 12.1 Å². The number of hydrogen-bond acceptors (Lipinski definition) is 2. The first-order chi connectivity index (χ1) is 9.90. The van der Waals surface area contributed by atoms with Crippen LogP contribution >= 0.6 is 0 Å². The van der Waals surface area contributed by atoms with Gasteiger partial charge in [-0.2, -0.15) is 5.10 Å². The standard InChI is InChI=1S/C15H17F2N3O/c1-9(2)10-6-4-5-7-12(10)18-15(21)11-8-20(3)19-13(11)14(16)17/h4-9,14H,1-3H3,(H,18,21). The Hall–Kier alpha value is -2.24. The molecule has 1 amide bonds. The molecule has 0 aliphatic rings. The monoisotopic (exact) mass is 293 g/mol. The summed E-state index contributed by atoms with van der Waals surface area (Å²) in [6.07, 6.45) is -1.48. The van der Waals surface area contributed by atoms with E-state index in [4.69, 9.17) is 0 Å². The van der Waals surface area contributed by atoms with Crippen molar-refractivity contribution in [2.24, 2.45) is 7.05 Å². The average Bonchev–Trinajstić information content (AvgIpc) is 2.81. The number of carbonyl (C=O) groups is 1. The number of halogens is 2. The second kappa shape index (κ2) is 6.03. The molecule has 0 radical (unpaired) electrons. The zero-order valence-corrected chi connectivity index (χ0v) is 12.1. The van der Waals surface area contributed by atoms with Crippen LogP contribution in [0.25, 0.3) is 0 Å². The molecular weight excluding hydrogens is 276 g/mol. The lowest BCUT2D eigenvalue weighted by Crippen LogP contribution is -2.15. The minimum atomic E-state index is -2.78. The first-order valence-corrected chi connectivity index (χ1v) is 6.62. The number of nitrogens with zero attached hydrogens (tertiary/aromatic N) is 2. The molecular formula is C15H17F2N3O. The van der Waals surface area contributed by atoms with Crippen molar-refractivity contribution in [3.8, 4) is 0 Å². The van der Waals surface area contributed by atoms with Gasteiger partial charge in [-0.05, 0) is 17.5 Å². The molecule has 0 aliphatic carbocycles. The third-order valence-corrected chi connectivity index (χ3v) is 3.14. The largest absolute Gasteiger partial charge is 0.322 e. The van der Waals surface area contributed by atoms with Gasteiger partial charge < -0.3 is 5.32 Å². The molecule has 0 aliphatic heterocycles. The second-order valence-corrected chi connectivity index (χ2v) is 5.10. The molecule has 4 nitrogen and oxygen atoms in total. The van der Waals surface area contributed by atoms with Crippen LogP contribution in [0, 0.1) is 0 Å². The number of alkyl halides is 2. The highest BCUT2D eigenvalue weighted by Gasteiger charge is 2.23. The summed E-state index contributed by atoms with van der Waals surface area (Å²) in [4.78, 5) is 12.2. The molecule has 1 aromatic carbocycles. The van der Waals surface area contributed by atoms with Crippen LogP contribution in [-0.4, -0.2) is 15.7 Å². The van der Waals surface area contributed by atoms with Crippen molar-refractivity contribution in [3.05, 3.63) is 47.3 Å². The predicted molar refractivity (Wildman–Crippen MR) is 76.6 cm³/mol. The highest BCUT2D eigenvalue weighted by atomic mass is 19.3. The van der Waals surface area contributed by atoms with Gasteiger partial charge in [0.1, 0.15) is 5.69 Å². The van der Waals surface area contributed by atoms with Crippen molar-refractivity contribution in [3.63, 3.8) is 0 Å². The van der Waals surface area contributed by atoms with Gasteiger partial charge in [0.05, 0.1) is 5.56 Å². The van der Waals surface area contributed by atoms with Gasteiger partial charge in [-0.25, -0.2) is 8.78 Å². The molecule has 0 bridgehead atoms. The molecule has 112 valence electrons. The number of carbonyl (C=O) groups excluding carboxylic acids is 1. The summed E-state index contributed by atoms with van der Waals surface area (Å²) in [7, 11) is 1.50. The zero-order chi connectivity index (χ0) is 15.6. The van der Waals surface area contributed by atoms with E-state index in [1.165, 1.54) is 17.9 Å². The summed E-state index contributed by atoms with van der Waals surface area (Å²) in [5.74, 6) is -0.364. The number of rotatable bonds is 4. The molecule has 21 heavy (non-hydrogen) atoms. The van der Waals surface area contributed by atoms with Gasteiger partial charge in [0, 0.05) is 18.9 Å². The number of benzene rings is 1. The van der Waals surface area contributed by atoms with E-state index in [9.17, 15) is 13.6 Å². The Labute approximate surface area is 121 Å². The number of amides is 1. The Bertz CT molecular complexity index is 650. The molecule has 0 saturated heterocycles. The molecule has 1 aromatic heterocycles. The summed E-state index contributed by atoms with van der Waals surface area (Å²) in [5, 5.41) is 6.33. The molecule has 2 aromatic rings. The third-order valence-electron chi connectivity index (χ3n) is 3.14. The van der Waals surface area contributed by atoms with Gasteiger partial charge in [0.15, 0.2) is 0 Å². The van der Waals surface area contributed by atoms with Crippen LogP contribution in [0.4, 0.5) is 14.5 Å². The van der Waals surface area contributed by atoms with Crippen molar-refractivity contribution < 1.29 is 13.6 Å². The second-order valence-electron chi connectivity index (χ2n) is 5.10. The molecule has 0 unspecified atom stereocenters. The number of para-hydroxylation sites is 1. The Morgan fingerprint density at radius 2 is 1.95 bits per heavy atom. The van der Waals surface area contributed by atoms with Gasteiger partial charge in [0.2, 0.25) is 0 Å². The van der Waals surface area contributed by atoms with Crippen LogP contribution in [-0.2, 0) is 7.05 Å². The van der Waals surface area contributed by atoms with Gasteiger partial charge in [0.25, 0.3) is 12.3 Å². The van der Waals surface area contributed by atoms with Crippen LogP contribution in [0.3, 0.4) is 0 Å². The van der Waals surface area contributed by atoms with Crippen LogP contribution in [0.15, 0.2) is 30.5 Å². The van der Waals surface area contributed by atoms with Gasteiger partial charge in [-0.3, -0.25) is 9.48 Å². The molecule has 6 heteroatoms. The molecule has 1 heterocycles. The lowest BCUT2D eigenvalue weighted by atomic mass is 10.0. The highest BCUT2D eigenvalue weighted by Crippen LogP contribution is 2.26. The first kappa shape index (κ1) is 15.2. The maximum atomic E-state index is 12.9. The molecule has 0 atom stereocenters. The third kappa shape index (κ3) is 3.26. The van der Waals surface area contributed by atoms with Crippen LogP contribution in [0.2, 0.25) is 0 Å². The van der Waals surface area contributed by atoms with E-state index < -0.39 is 18.0 Å². The van der Waals surface area contributed by atoms with E-state index in [2.05, 4.69) is 10.4 Å². The summed E-state index contributed by atoms with van der Waals surface area (Å²) in [6, 6.07) is 7.32. The molecule has 0 saturated carbocycles. The average molecular weight is 293 g/mol. The van der Waals surface area contributed by atoms with Gasteiger partial charge in [-0.15, -0.1) is 0 Å². The van der Waals surface area contributed by atoms with E-state index in [1.807, 2.05) is 26.0 Å². The minimum absolute atomic E-state index is 0.106. The predicted octanol–water partition coefficient (Wildman–Crippen LogP) is 3.73. The highest BCUT2D eigenvalue weighted by molar-refractivity contribution is 6.05. The summed E-state index contributed by atoms with van der Waals surface area (Å²) in [5.41, 5.74) is 0.970. The Kier molecular flexibility index (Phi) is 4.35. The molecule has 2 rings (SSSR count). The maximum absolute atomic E-state index is 12.9. The molecule has 0 fully saturated rings. The topological polar surface area (TPSA) is 46.9 Å². The number of nitrogens with one attached hydrogen (secondary N) is 1. The van der Waals surface area contributed by atoms with E-state index in [0.717, 1.165) is 5.56 Å². The number of hydrogen-bond donors (Lipinski definition) is 1. The quantitative estimate of drug-likeness (QED) is 0.933. The maximum Gasteiger partial charge on any atom is 0.282 e. The summed E-state index contributed by atoms with van der Waals surface area (Å²) < 4.78 is 27.0. The van der Waals surface area contributed by atoms with E-state index in [-0.39, 0.29) is 11.5 Å². The number of aromatic nitrogens is 2. The zero-order valence-electron chi connectivity index (χ0n) is 12.1. The van der Waals surface area contributed by atoms with Crippen molar-refractivity contribution in [2.45, 2.75) is 26.2 Å². The normalized spacial score (nSPS) is 11.2. The fourth-order valence-electron chi connectivity index (χ4n) is 2.15. The number of anilines is 1. The Morgan fingerprint density at radius 3 is 2.57 bits per heavy atom. The minimum Gasteiger partial charge on any atom is -0.322 e. The van der Waals surface area contributed by atoms with Crippen molar-refractivity contribution >= 4 is 11.6 Å². The molecule has 1 N–H and O–H groups in total. The smallest absolute Gasteiger partial charge is 0.282 e. The van der Waals surface area contributed by atoms with E-state index >= 15 is 0 Å². The Balaban J connectivity index is 2.31. The fraction of sp³-hybridized carbons (Fsp3) is 0.333. The Morgan fingerprint density at radius 1 is 1.29 bits per heavy atom. The number of aryl methyl sites for hydroxylation is 1. The van der Waals surface area contributed by atoms with Crippen molar-refractivity contribution in [2.75, 3.05) is 5.32 Å². The summed E-state index contributed by atoms with van der Waals surface area (Å²) >= 11 is 0. The van der Waals surface area contributed by atoms with Crippen LogP contribution in [0.5, 0.6) is 0 Å². The first-order valence-electron chi connectivity index (χ1n) is 6.62. The van der Waals surface area contributed by atoms with Gasteiger partial charge >= 0.3 is 0 Å². The SMILES string of the molecule is CC(C)c1ccccc1NC(=O)c1cn(C)nc1C(F)F. The lowest BCUT2D eigenvalue weighted by molar-refractivity contribution is 0.101. The van der Waals surface area contributed by atoms with E-state index in [0.29, 0.717) is 5.69 Å². The fourth-order valence-corrected chi connectivity index (χ4v) is 2.15. The van der Waals surface area contributed by atoms with Crippen LogP contribution < -0.4 is 5.32 Å².